The number of alkyl halides is 2. The van der Waals surface area contributed by atoms with Crippen molar-refractivity contribution in [3.05, 3.63) is 58.4 Å². The van der Waals surface area contributed by atoms with Gasteiger partial charge < -0.3 is 9.29 Å². The second kappa shape index (κ2) is 7.79. The molecule has 1 N–H and O–H groups in total. The average molecular weight is 366 g/mol. The van der Waals surface area contributed by atoms with Gasteiger partial charge in [0.15, 0.2) is 11.1 Å². The molecule has 0 spiro atoms. The number of benzene rings is 2. The van der Waals surface area contributed by atoms with Gasteiger partial charge >= 0.3 is 0 Å². The van der Waals surface area contributed by atoms with Crippen molar-refractivity contribution in [3.63, 3.8) is 0 Å². The lowest BCUT2D eigenvalue weighted by atomic mass is 10.0. The van der Waals surface area contributed by atoms with Crippen LogP contribution in [0.5, 0.6) is 11.5 Å². The Hall–Kier alpha value is -2.88. The van der Waals surface area contributed by atoms with Crippen LogP contribution in [0, 0.1) is 28.5 Å². The van der Waals surface area contributed by atoms with Crippen LogP contribution in [-0.4, -0.2) is 8.76 Å². The summed E-state index contributed by atoms with van der Waals surface area (Å²) in [7, 11) is 0. The molecule has 0 aliphatic rings. The van der Waals surface area contributed by atoms with Crippen LogP contribution in [-0.2, 0) is 16.8 Å². The third kappa shape index (κ3) is 4.35. The van der Waals surface area contributed by atoms with Crippen LogP contribution >= 0.6 is 0 Å². The number of halogens is 3. The summed E-state index contributed by atoms with van der Waals surface area (Å²) in [6.07, 6.45) is -3.11. The number of nitrogens with zero attached hydrogens (tertiary/aromatic N) is 2. The van der Waals surface area contributed by atoms with E-state index in [1.807, 2.05) is 0 Å². The van der Waals surface area contributed by atoms with Gasteiger partial charge in [-0.3, -0.25) is 0 Å². The molecule has 25 heavy (non-hydrogen) atoms. The number of ether oxygens (including phenoxy) is 1. The second-order valence-corrected chi connectivity index (χ2v) is 5.71. The van der Waals surface area contributed by atoms with Crippen molar-refractivity contribution in [1.82, 2.24) is 0 Å². The fourth-order valence-electron chi connectivity index (χ4n) is 2.15. The highest BCUT2D eigenvalue weighted by atomic mass is 32.2. The summed E-state index contributed by atoms with van der Waals surface area (Å²) in [5.41, 5.74) is -1.36. The first-order valence-corrected chi connectivity index (χ1v) is 7.93. The molecule has 2 aromatic rings. The predicted molar refractivity (Wildman–Crippen MR) is 81.8 cm³/mol. The zero-order valence-corrected chi connectivity index (χ0v) is 13.2. The lowest BCUT2D eigenvalue weighted by Gasteiger charge is -2.14. The smallest absolute Gasteiger partial charge is 0.268 e. The molecule has 0 aliphatic heterocycles. The van der Waals surface area contributed by atoms with E-state index >= 15 is 0 Å². The maximum atomic E-state index is 13.4. The molecule has 0 aromatic heterocycles. The number of hydrogen-bond acceptors (Lipinski definition) is 4. The molecule has 0 amide bonds. The molecule has 9 heteroatoms. The summed E-state index contributed by atoms with van der Waals surface area (Å²) in [6, 6.07) is 8.59. The van der Waals surface area contributed by atoms with Crippen LogP contribution in [0.1, 0.15) is 28.7 Å². The maximum Gasteiger partial charge on any atom is 0.268 e. The molecule has 0 saturated heterocycles. The van der Waals surface area contributed by atoms with Crippen molar-refractivity contribution in [2.75, 3.05) is 0 Å². The topological polar surface area (TPSA) is 94.1 Å². The van der Waals surface area contributed by atoms with Gasteiger partial charge in [0.05, 0.1) is 28.5 Å². The highest BCUT2D eigenvalue weighted by Crippen LogP contribution is 2.37. The molecule has 0 radical (unpaired) electrons. The summed E-state index contributed by atoms with van der Waals surface area (Å²) in [6.45, 7) is 0. The Labute approximate surface area is 143 Å². The summed E-state index contributed by atoms with van der Waals surface area (Å²) in [4.78, 5) is 0. The van der Waals surface area contributed by atoms with E-state index in [-0.39, 0.29) is 16.9 Å². The third-order valence-electron chi connectivity index (χ3n) is 3.13. The van der Waals surface area contributed by atoms with E-state index in [0.29, 0.717) is 0 Å². The van der Waals surface area contributed by atoms with E-state index in [9.17, 15) is 17.4 Å². The standard InChI is InChI=1S/C16H9F3N2O3S/c17-11-3-9(6-20)4-12(5-11)24-14-2-1-10(8-25(22)23)13(7-21)15(14)16(18)19/h1-5,16H,8H2,(H,22,23). The van der Waals surface area contributed by atoms with E-state index in [1.165, 1.54) is 6.07 Å². The summed E-state index contributed by atoms with van der Waals surface area (Å²) >= 11 is -2.32. The molecule has 0 heterocycles. The molecule has 2 aromatic carbocycles. The Morgan fingerprint density at radius 1 is 1.20 bits per heavy atom. The van der Waals surface area contributed by atoms with E-state index in [1.54, 1.807) is 12.1 Å². The van der Waals surface area contributed by atoms with E-state index in [0.717, 1.165) is 24.3 Å². The molecular formula is C16H9F3N2O3S. The molecule has 1 unspecified atom stereocenters. The van der Waals surface area contributed by atoms with Crippen molar-refractivity contribution in [1.29, 1.82) is 10.5 Å². The van der Waals surface area contributed by atoms with Gasteiger partial charge in [0.2, 0.25) is 0 Å². The Bertz CT molecular complexity index is 920. The second-order valence-electron chi connectivity index (χ2n) is 4.78. The fourth-order valence-corrected chi connectivity index (χ4v) is 2.66. The van der Waals surface area contributed by atoms with Crippen molar-refractivity contribution < 1.29 is 26.7 Å². The maximum absolute atomic E-state index is 13.4. The minimum absolute atomic E-state index is 0.0389. The Kier molecular flexibility index (Phi) is 5.75. The summed E-state index contributed by atoms with van der Waals surface area (Å²) < 4.78 is 65.4. The van der Waals surface area contributed by atoms with Crippen molar-refractivity contribution >= 4 is 11.1 Å². The van der Waals surface area contributed by atoms with Crippen LogP contribution in [0.2, 0.25) is 0 Å². The number of hydrogen-bond donors (Lipinski definition) is 1. The number of nitriles is 2. The monoisotopic (exact) mass is 366 g/mol. The van der Waals surface area contributed by atoms with Gasteiger partial charge in [0, 0.05) is 6.07 Å². The lowest BCUT2D eigenvalue weighted by Crippen LogP contribution is -2.03. The van der Waals surface area contributed by atoms with Gasteiger partial charge in [-0.15, -0.1) is 0 Å². The zero-order chi connectivity index (χ0) is 18.6. The van der Waals surface area contributed by atoms with E-state index in [4.69, 9.17) is 19.8 Å². The Morgan fingerprint density at radius 2 is 1.92 bits per heavy atom. The van der Waals surface area contributed by atoms with Crippen LogP contribution in [0.25, 0.3) is 0 Å². The van der Waals surface area contributed by atoms with Crippen LogP contribution < -0.4 is 4.74 Å². The fraction of sp³-hybridized carbons (Fsp3) is 0.125. The SMILES string of the molecule is N#Cc1cc(F)cc(Oc2ccc(CS(=O)O)c(C#N)c2C(F)F)c1. The molecule has 128 valence electrons. The largest absolute Gasteiger partial charge is 0.457 e. The van der Waals surface area contributed by atoms with Gasteiger partial charge in [0.1, 0.15) is 23.4 Å². The first-order valence-electron chi connectivity index (χ1n) is 6.65. The van der Waals surface area contributed by atoms with Crippen LogP contribution in [0.3, 0.4) is 0 Å². The predicted octanol–water partition coefficient (Wildman–Crippen LogP) is 4.02. The molecule has 2 rings (SSSR count). The normalized spacial score (nSPS) is 11.6. The minimum Gasteiger partial charge on any atom is -0.457 e. The molecule has 0 aliphatic carbocycles. The highest BCUT2D eigenvalue weighted by molar-refractivity contribution is 7.78. The van der Waals surface area contributed by atoms with E-state index < -0.39 is 46.0 Å². The third-order valence-corrected chi connectivity index (χ3v) is 3.69. The zero-order valence-electron chi connectivity index (χ0n) is 12.4. The molecule has 0 bridgehead atoms. The van der Waals surface area contributed by atoms with Gasteiger partial charge in [-0.05, 0) is 23.8 Å². The van der Waals surface area contributed by atoms with Crippen molar-refractivity contribution in [2.45, 2.75) is 12.2 Å². The first kappa shape index (κ1) is 18.5. The number of rotatable bonds is 5. The van der Waals surface area contributed by atoms with Crippen molar-refractivity contribution in [3.8, 4) is 23.6 Å². The molecule has 5 nitrogen and oxygen atoms in total. The Balaban J connectivity index is 2.55. The molecular weight excluding hydrogens is 357 g/mol. The quantitative estimate of drug-likeness (QED) is 0.807. The summed E-state index contributed by atoms with van der Waals surface area (Å²) in [5, 5.41) is 18.0. The van der Waals surface area contributed by atoms with Crippen LogP contribution in [0.15, 0.2) is 30.3 Å². The molecule has 1 atom stereocenters. The van der Waals surface area contributed by atoms with Gasteiger partial charge in [0.25, 0.3) is 6.43 Å². The molecule has 0 fully saturated rings. The minimum atomic E-state index is -3.11. The van der Waals surface area contributed by atoms with E-state index in [2.05, 4.69) is 0 Å². The molecule has 0 saturated carbocycles. The summed E-state index contributed by atoms with van der Waals surface area (Å²) in [5.74, 6) is -1.89. The van der Waals surface area contributed by atoms with Crippen LogP contribution in [0.4, 0.5) is 13.2 Å². The first-order chi connectivity index (χ1) is 11.8. The highest BCUT2D eigenvalue weighted by Gasteiger charge is 2.23. The lowest BCUT2D eigenvalue weighted by molar-refractivity contribution is 0.147. The van der Waals surface area contributed by atoms with Gasteiger partial charge in [-0.1, -0.05) is 6.07 Å². The Morgan fingerprint density at radius 3 is 2.48 bits per heavy atom. The average Bonchev–Trinajstić information content (AvgIpc) is 2.54. The van der Waals surface area contributed by atoms with Gasteiger partial charge in [-0.2, -0.15) is 10.5 Å². The van der Waals surface area contributed by atoms with Crippen molar-refractivity contribution in [2.24, 2.45) is 0 Å². The van der Waals surface area contributed by atoms with Gasteiger partial charge in [-0.25, -0.2) is 17.4 Å².